The van der Waals surface area contributed by atoms with Crippen LogP contribution in [0.25, 0.3) is 0 Å². The molecule has 1 aliphatic carbocycles. The van der Waals surface area contributed by atoms with E-state index in [-0.39, 0.29) is 6.10 Å². The number of anilines is 1. The van der Waals surface area contributed by atoms with Crippen molar-refractivity contribution in [2.24, 2.45) is 5.92 Å². The van der Waals surface area contributed by atoms with Crippen LogP contribution in [0.4, 0.5) is 5.69 Å². The monoisotopic (exact) mass is 277 g/mol. The van der Waals surface area contributed by atoms with Crippen molar-refractivity contribution in [2.45, 2.75) is 45.6 Å². The first kappa shape index (κ1) is 14.7. The molecule has 0 amide bonds. The maximum Gasteiger partial charge on any atom is 0.340 e. The Morgan fingerprint density at radius 3 is 2.90 bits per heavy atom. The molecule has 0 radical (unpaired) electrons. The number of nitrogen functional groups attached to an aromatic ring is 1. The summed E-state index contributed by atoms with van der Waals surface area (Å²) in [5.41, 5.74) is 6.63. The highest BCUT2D eigenvalue weighted by molar-refractivity contribution is 5.95. The Balaban J connectivity index is 2.08. The molecule has 0 bridgehead atoms. The van der Waals surface area contributed by atoms with Gasteiger partial charge in [0.25, 0.3) is 0 Å². The number of rotatable bonds is 4. The Bertz CT molecular complexity index is 473. The Hall–Kier alpha value is -1.71. The molecule has 0 aliphatic heterocycles. The van der Waals surface area contributed by atoms with Gasteiger partial charge in [0, 0.05) is 5.69 Å². The van der Waals surface area contributed by atoms with E-state index >= 15 is 0 Å². The average Bonchev–Trinajstić information content (AvgIpc) is 2.41. The van der Waals surface area contributed by atoms with Gasteiger partial charge in [-0.15, -0.1) is 0 Å². The van der Waals surface area contributed by atoms with E-state index in [9.17, 15) is 4.79 Å². The van der Waals surface area contributed by atoms with Crippen LogP contribution in [-0.2, 0) is 4.74 Å². The highest BCUT2D eigenvalue weighted by atomic mass is 16.5. The van der Waals surface area contributed by atoms with Gasteiger partial charge in [-0.05, 0) is 50.3 Å². The second-order valence-corrected chi connectivity index (χ2v) is 5.48. The van der Waals surface area contributed by atoms with Crippen LogP contribution in [0.15, 0.2) is 18.2 Å². The van der Waals surface area contributed by atoms with Crippen LogP contribution in [0.3, 0.4) is 0 Å². The van der Waals surface area contributed by atoms with Gasteiger partial charge < -0.3 is 15.2 Å². The molecule has 2 rings (SSSR count). The summed E-state index contributed by atoms with van der Waals surface area (Å²) < 4.78 is 11.0. The van der Waals surface area contributed by atoms with Crippen LogP contribution < -0.4 is 10.5 Å². The van der Waals surface area contributed by atoms with Crippen molar-refractivity contribution in [3.63, 3.8) is 0 Å². The van der Waals surface area contributed by atoms with E-state index in [2.05, 4.69) is 6.92 Å². The van der Waals surface area contributed by atoms with Gasteiger partial charge in [-0.25, -0.2) is 4.79 Å². The Kier molecular flexibility index (Phi) is 4.88. The van der Waals surface area contributed by atoms with E-state index in [0.29, 0.717) is 29.5 Å². The van der Waals surface area contributed by atoms with Gasteiger partial charge in [-0.2, -0.15) is 0 Å². The normalized spacial score (nSPS) is 22.3. The number of benzene rings is 1. The van der Waals surface area contributed by atoms with E-state index in [1.165, 1.54) is 12.8 Å². The molecule has 0 spiro atoms. The molecule has 0 heterocycles. The minimum absolute atomic E-state index is 0.234. The number of hydrogen-bond acceptors (Lipinski definition) is 4. The van der Waals surface area contributed by atoms with E-state index < -0.39 is 5.97 Å². The third-order valence-corrected chi connectivity index (χ3v) is 3.71. The summed E-state index contributed by atoms with van der Waals surface area (Å²) in [6, 6.07) is 5.21. The van der Waals surface area contributed by atoms with Crippen LogP contribution in [0, 0.1) is 5.92 Å². The van der Waals surface area contributed by atoms with Crippen molar-refractivity contribution < 1.29 is 14.3 Å². The zero-order chi connectivity index (χ0) is 14.5. The Morgan fingerprint density at radius 1 is 1.40 bits per heavy atom. The van der Waals surface area contributed by atoms with Gasteiger partial charge >= 0.3 is 5.97 Å². The Morgan fingerprint density at radius 2 is 2.20 bits per heavy atom. The second kappa shape index (κ2) is 6.64. The molecule has 2 unspecified atom stereocenters. The molecule has 0 saturated heterocycles. The smallest absolute Gasteiger partial charge is 0.340 e. The lowest BCUT2D eigenvalue weighted by molar-refractivity contribution is 0.0526. The zero-order valence-electron chi connectivity index (χ0n) is 12.2. The number of carbonyl (C=O) groups is 1. The Labute approximate surface area is 120 Å². The van der Waals surface area contributed by atoms with Crippen molar-refractivity contribution in [2.75, 3.05) is 12.3 Å². The van der Waals surface area contributed by atoms with Gasteiger partial charge in [0.05, 0.1) is 18.3 Å². The fraction of sp³-hybridized carbons (Fsp3) is 0.562. The van der Waals surface area contributed by atoms with Crippen LogP contribution in [-0.4, -0.2) is 18.7 Å². The quantitative estimate of drug-likeness (QED) is 0.676. The standard InChI is InChI=1S/C16H23NO3/c1-3-19-16(18)14-10-13(7-8-15(14)17)20-12-6-4-5-11(2)9-12/h7-8,10-12H,3-6,9,17H2,1-2H3. The van der Waals surface area contributed by atoms with E-state index in [1.54, 1.807) is 19.1 Å². The molecule has 2 atom stereocenters. The number of esters is 1. The maximum absolute atomic E-state index is 11.8. The average molecular weight is 277 g/mol. The van der Waals surface area contributed by atoms with Gasteiger partial charge in [0.15, 0.2) is 0 Å². The molecule has 1 aromatic rings. The van der Waals surface area contributed by atoms with Crippen LogP contribution in [0.2, 0.25) is 0 Å². The lowest BCUT2D eigenvalue weighted by atomic mass is 9.89. The van der Waals surface area contributed by atoms with E-state index in [4.69, 9.17) is 15.2 Å². The lowest BCUT2D eigenvalue weighted by Crippen LogP contribution is -2.24. The highest BCUT2D eigenvalue weighted by Crippen LogP contribution is 2.29. The first-order valence-corrected chi connectivity index (χ1v) is 7.33. The predicted molar refractivity (Wildman–Crippen MR) is 78.9 cm³/mol. The van der Waals surface area contributed by atoms with Gasteiger partial charge in [0.2, 0.25) is 0 Å². The molecule has 1 aromatic carbocycles. The summed E-state index contributed by atoms with van der Waals surface area (Å²) in [6.07, 6.45) is 4.85. The van der Waals surface area contributed by atoms with Gasteiger partial charge in [0.1, 0.15) is 5.75 Å². The SMILES string of the molecule is CCOC(=O)c1cc(OC2CCCC(C)C2)ccc1N. The molecule has 20 heavy (non-hydrogen) atoms. The van der Waals surface area contributed by atoms with Gasteiger partial charge in [-0.1, -0.05) is 13.3 Å². The number of ether oxygens (including phenoxy) is 2. The second-order valence-electron chi connectivity index (χ2n) is 5.48. The molecule has 4 heteroatoms. The molecule has 110 valence electrons. The molecule has 0 aromatic heterocycles. The topological polar surface area (TPSA) is 61.5 Å². The van der Waals surface area contributed by atoms with E-state index in [0.717, 1.165) is 12.8 Å². The summed E-state index contributed by atoms with van der Waals surface area (Å²) in [7, 11) is 0. The minimum atomic E-state index is -0.396. The summed E-state index contributed by atoms with van der Waals surface area (Å²) in [6.45, 7) is 4.36. The van der Waals surface area contributed by atoms with E-state index in [1.807, 2.05) is 6.07 Å². The molecule has 4 nitrogen and oxygen atoms in total. The largest absolute Gasteiger partial charge is 0.490 e. The van der Waals surface area contributed by atoms with Crippen molar-refractivity contribution in [3.8, 4) is 5.75 Å². The summed E-state index contributed by atoms with van der Waals surface area (Å²) in [5.74, 6) is 1.00. The predicted octanol–water partition coefficient (Wildman–Crippen LogP) is 3.40. The molecule has 1 saturated carbocycles. The third kappa shape index (κ3) is 3.65. The third-order valence-electron chi connectivity index (χ3n) is 3.71. The summed E-state index contributed by atoms with van der Waals surface area (Å²) in [4.78, 5) is 11.8. The minimum Gasteiger partial charge on any atom is -0.490 e. The first-order valence-electron chi connectivity index (χ1n) is 7.33. The highest BCUT2D eigenvalue weighted by Gasteiger charge is 2.21. The maximum atomic E-state index is 11.8. The number of hydrogen-bond donors (Lipinski definition) is 1. The number of carbonyl (C=O) groups excluding carboxylic acids is 1. The molecule has 2 N–H and O–H groups in total. The van der Waals surface area contributed by atoms with Crippen molar-refractivity contribution in [1.29, 1.82) is 0 Å². The fourth-order valence-corrected chi connectivity index (χ4v) is 2.67. The molecular weight excluding hydrogens is 254 g/mol. The van der Waals surface area contributed by atoms with Gasteiger partial charge in [-0.3, -0.25) is 0 Å². The van der Waals surface area contributed by atoms with Crippen molar-refractivity contribution >= 4 is 11.7 Å². The van der Waals surface area contributed by atoms with Crippen LogP contribution >= 0.6 is 0 Å². The van der Waals surface area contributed by atoms with Crippen LogP contribution in [0.1, 0.15) is 49.9 Å². The summed E-state index contributed by atoms with van der Waals surface area (Å²) in [5, 5.41) is 0. The summed E-state index contributed by atoms with van der Waals surface area (Å²) >= 11 is 0. The van der Waals surface area contributed by atoms with Crippen LogP contribution in [0.5, 0.6) is 5.75 Å². The van der Waals surface area contributed by atoms with Crippen molar-refractivity contribution in [3.05, 3.63) is 23.8 Å². The molecular formula is C16H23NO3. The molecule has 1 aliphatic rings. The zero-order valence-corrected chi connectivity index (χ0v) is 12.2. The number of nitrogens with two attached hydrogens (primary N) is 1. The lowest BCUT2D eigenvalue weighted by Gasteiger charge is -2.27. The first-order chi connectivity index (χ1) is 9.60. The fourth-order valence-electron chi connectivity index (χ4n) is 2.67. The van der Waals surface area contributed by atoms with Crippen molar-refractivity contribution in [1.82, 2.24) is 0 Å². The molecule has 1 fully saturated rings.